The summed E-state index contributed by atoms with van der Waals surface area (Å²) in [6, 6.07) is 2.95. The number of ether oxygens (including phenoxy) is 1. The van der Waals surface area contributed by atoms with Gasteiger partial charge in [0.05, 0.1) is 10.8 Å². The van der Waals surface area contributed by atoms with Crippen LogP contribution in [0.1, 0.15) is 68.9 Å². The molecule has 0 saturated heterocycles. The molecule has 0 spiro atoms. The van der Waals surface area contributed by atoms with Gasteiger partial charge >= 0.3 is 5.97 Å². The average Bonchev–Trinajstić information content (AvgIpc) is 3.65. The first-order chi connectivity index (χ1) is 16.9. The molecule has 9 atom stereocenters. The Labute approximate surface area is 208 Å². The van der Waals surface area contributed by atoms with Crippen molar-refractivity contribution in [3.8, 4) is 5.75 Å². The lowest BCUT2D eigenvalue weighted by molar-refractivity contribution is -0.175. The SMILES string of the molecule is O=C(Oc1ccc(S(=O)(=O)[O-])c2c1CCCC2)C1CC2C3C4CCC(C4)C3C1C1C3CCC(C3)C21. The summed E-state index contributed by atoms with van der Waals surface area (Å²) in [5.41, 5.74) is 1.36. The lowest BCUT2D eigenvalue weighted by Crippen LogP contribution is -2.59. The van der Waals surface area contributed by atoms with Crippen molar-refractivity contribution in [2.45, 2.75) is 75.5 Å². The minimum Gasteiger partial charge on any atom is -0.744 e. The summed E-state index contributed by atoms with van der Waals surface area (Å²) in [5, 5.41) is 0. The fourth-order valence-electron chi connectivity index (χ4n) is 11.6. The van der Waals surface area contributed by atoms with E-state index < -0.39 is 10.1 Å². The van der Waals surface area contributed by atoms with Gasteiger partial charge in [0.1, 0.15) is 15.9 Å². The number of fused-ring (bicyclic) bond motifs is 6. The van der Waals surface area contributed by atoms with Crippen molar-refractivity contribution >= 4 is 16.1 Å². The van der Waals surface area contributed by atoms with Gasteiger partial charge in [0, 0.05) is 0 Å². The van der Waals surface area contributed by atoms with E-state index in [2.05, 4.69) is 0 Å². The number of hydrogen-bond acceptors (Lipinski definition) is 5. The van der Waals surface area contributed by atoms with Crippen molar-refractivity contribution in [2.75, 3.05) is 0 Å². The molecule has 6 bridgehead atoms. The second-order valence-electron chi connectivity index (χ2n) is 13.2. The zero-order chi connectivity index (χ0) is 23.6. The van der Waals surface area contributed by atoms with Gasteiger partial charge in [-0.25, -0.2) is 8.42 Å². The van der Waals surface area contributed by atoms with Crippen molar-refractivity contribution in [1.29, 1.82) is 0 Å². The summed E-state index contributed by atoms with van der Waals surface area (Å²) in [6.07, 6.45) is 12.4. The van der Waals surface area contributed by atoms with Gasteiger partial charge in [-0.15, -0.1) is 0 Å². The minimum absolute atomic E-state index is 0.0108. The average molecular weight is 496 g/mol. The van der Waals surface area contributed by atoms with E-state index in [4.69, 9.17) is 4.74 Å². The third kappa shape index (κ3) is 2.90. The van der Waals surface area contributed by atoms with Crippen LogP contribution in [0.3, 0.4) is 0 Å². The number of carbonyl (C=O) groups excluding carboxylic acids is 1. The van der Waals surface area contributed by atoms with Gasteiger partial charge in [-0.05, 0) is 153 Å². The van der Waals surface area contributed by atoms with E-state index in [1.165, 1.54) is 44.6 Å². The van der Waals surface area contributed by atoms with Gasteiger partial charge in [0.25, 0.3) is 0 Å². The summed E-state index contributed by atoms with van der Waals surface area (Å²) in [4.78, 5) is 13.8. The molecule has 188 valence electrons. The molecule has 35 heavy (non-hydrogen) atoms. The standard InChI is InChI=1S/C29H36O5S/c30-29(34-22-9-10-23(35(31,32)33)19-4-2-1-3-18(19)22)21-13-20-24-14-5-7-16(11-14)26(24)28(21)27-17-8-6-15(12-17)25(20)27/h9-10,14-17,20-21,24-28H,1-8,11-13H2,(H,31,32,33)/p-1. The quantitative estimate of drug-likeness (QED) is 0.336. The fourth-order valence-corrected chi connectivity index (χ4v) is 12.3. The smallest absolute Gasteiger partial charge is 0.314 e. The van der Waals surface area contributed by atoms with E-state index in [-0.39, 0.29) is 16.8 Å². The van der Waals surface area contributed by atoms with Crippen LogP contribution in [0, 0.1) is 65.1 Å². The van der Waals surface area contributed by atoms with Gasteiger partial charge in [0.2, 0.25) is 0 Å². The molecule has 1 aromatic rings. The Morgan fingerprint density at radius 1 is 0.771 bits per heavy atom. The molecule has 0 heterocycles. The number of carbonyl (C=O) groups is 1. The third-order valence-electron chi connectivity index (χ3n) is 12.2. The molecule has 7 fully saturated rings. The molecule has 0 amide bonds. The first-order valence-corrected chi connectivity index (χ1v) is 15.6. The molecular formula is C29H35O5S-. The Bertz CT molecular complexity index is 1170. The fraction of sp³-hybridized carbons (Fsp3) is 0.759. The topological polar surface area (TPSA) is 83.5 Å². The van der Waals surface area contributed by atoms with Gasteiger partial charge < -0.3 is 9.29 Å². The van der Waals surface area contributed by atoms with Crippen LogP contribution in [0.5, 0.6) is 5.75 Å². The Morgan fingerprint density at radius 3 is 1.94 bits per heavy atom. The zero-order valence-corrected chi connectivity index (χ0v) is 21.0. The maximum Gasteiger partial charge on any atom is 0.314 e. The Balaban J connectivity index is 1.14. The van der Waals surface area contributed by atoms with E-state index in [9.17, 15) is 17.8 Å². The van der Waals surface area contributed by atoms with E-state index in [1.807, 2.05) is 0 Å². The summed E-state index contributed by atoms with van der Waals surface area (Å²) in [6.45, 7) is 0. The molecule has 0 N–H and O–H groups in total. The summed E-state index contributed by atoms with van der Waals surface area (Å²) < 4.78 is 41.7. The minimum atomic E-state index is -4.54. The van der Waals surface area contributed by atoms with E-state index in [1.54, 1.807) is 6.07 Å². The molecule has 0 radical (unpaired) electrons. The van der Waals surface area contributed by atoms with Crippen LogP contribution in [0.25, 0.3) is 0 Å². The molecule has 9 rings (SSSR count). The van der Waals surface area contributed by atoms with Gasteiger partial charge in [-0.1, -0.05) is 0 Å². The van der Waals surface area contributed by atoms with Crippen molar-refractivity contribution in [1.82, 2.24) is 0 Å². The first kappa shape index (κ1) is 21.7. The molecule has 8 aliphatic carbocycles. The van der Waals surface area contributed by atoms with Crippen LogP contribution < -0.4 is 4.74 Å². The summed E-state index contributed by atoms with van der Waals surface area (Å²) >= 11 is 0. The molecular weight excluding hydrogens is 460 g/mol. The predicted octanol–water partition coefficient (Wildman–Crippen LogP) is 4.97. The van der Waals surface area contributed by atoms with Gasteiger partial charge in [-0.3, -0.25) is 4.79 Å². The third-order valence-corrected chi connectivity index (χ3v) is 13.1. The summed E-state index contributed by atoms with van der Waals surface area (Å²) in [5.74, 6) is 8.25. The largest absolute Gasteiger partial charge is 0.744 e. The number of rotatable bonds is 3. The van der Waals surface area contributed by atoms with Crippen LogP contribution in [0.15, 0.2) is 17.0 Å². The van der Waals surface area contributed by atoms with Crippen molar-refractivity contribution in [3.05, 3.63) is 23.3 Å². The second-order valence-corrected chi connectivity index (χ2v) is 14.5. The lowest BCUT2D eigenvalue weighted by atomic mass is 9.42. The van der Waals surface area contributed by atoms with Crippen LogP contribution in [-0.2, 0) is 27.8 Å². The Morgan fingerprint density at radius 2 is 1.34 bits per heavy atom. The Kier molecular flexibility index (Phi) is 4.54. The molecule has 9 unspecified atom stereocenters. The van der Waals surface area contributed by atoms with Crippen molar-refractivity contribution < 1.29 is 22.5 Å². The maximum absolute atomic E-state index is 13.9. The Hall–Kier alpha value is -1.40. The predicted molar refractivity (Wildman–Crippen MR) is 127 cm³/mol. The lowest BCUT2D eigenvalue weighted by Gasteiger charge is -2.62. The molecule has 0 aliphatic heterocycles. The first-order valence-electron chi connectivity index (χ1n) is 14.2. The second kappa shape index (κ2) is 7.34. The van der Waals surface area contributed by atoms with Crippen LogP contribution >= 0.6 is 0 Å². The monoisotopic (exact) mass is 495 g/mol. The van der Waals surface area contributed by atoms with Crippen LogP contribution in [-0.4, -0.2) is 18.9 Å². The van der Waals surface area contributed by atoms with Gasteiger partial charge in [0.15, 0.2) is 0 Å². The van der Waals surface area contributed by atoms with Crippen molar-refractivity contribution in [3.63, 3.8) is 0 Å². The number of benzene rings is 1. The van der Waals surface area contributed by atoms with Crippen molar-refractivity contribution in [2.24, 2.45) is 65.1 Å². The highest BCUT2D eigenvalue weighted by molar-refractivity contribution is 7.85. The number of esters is 1. The molecule has 7 saturated carbocycles. The maximum atomic E-state index is 13.9. The van der Waals surface area contributed by atoms with E-state index in [0.717, 1.165) is 72.2 Å². The molecule has 1 aromatic carbocycles. The molecule has 8 aliphatic rings. The van der Waals surface area contributed by atoms with Crippen LogP contribution in [0.2, 0.25) is 0 Å². The summed E-state index contributed by atoms with van der Waals surface area (Å²) in [7, 11) is -4.54. The highest BCUT2D eigenvalue weighted by Gasteiger charge is 2.70. The molecule has 5 nitrogen and oxygen atoms in total. The normalized spacial score (nSPS) is 46.4. The molecule has 6 heteroatoms. The highest BCUT2D eigenvalue weighted by atomic mass is 32.2. The molecule has 0 aromatic heterocycles. The highest BCUT2D eigenvalue weighted by Crippen LogP contribution is 2.75. The van der Waals surface area contributed by atoms with E-state index in [0.29, 0.717) is 36.0 Å². The van der Waals surface area contributed by atoms with Crippen LogP contribution in [0.4, 0.5) is 0 Å². The van der Waals surface area contributed by atoms with E-state index >= 15 is 0 Å². The number of hydrogen-bond donors (Lipinski definition) is 0. The zero-order valence-electron chi connectivity index (χ0n) is 20.2. The van der Waals surface area contributed by atoms with Gasteiger partial charge in [-0.2, -0.15) is 0 Å².